The summed E-state index contributed by atoms with van der Waals surface area (Å²) < 4.78 is 0.881. The molecule has 0 aliphatic carbocycles. The van der Waals surface area contributed by atoms with Crippen LogP contribution in [0.1, 0.15) is 27.2 Å². The lowest BCUT2D eigenvalue weighted by Crippen LogP contribution is -2.15. The fourth-order valence-electron chi connectivity index (χ4n) is 0.612. The first kappa shape index (κ1) is 8.95. The van der Waals surface area contributed by atoms with Gasteiger partial charge in [-0.3, -0.25) is 0 Å². The molecule has 8 heavy (non-hydrogen) atoms. The molecule has 0 radical (unpaired) electrons. The van der Waals surface area contributed by atoms with Crippen molar-refractivity contribution in [2.24, 2.45) is 0 Å². The molecule has 1 unspecified atom stereocenters. The molecule has 50 valence electrons. The number of alkyl halides is 1. The van der Waals surface area contributed by atoms with E-state index in [-0.39, 0.29) is 0 Å². The summed E-state index contributed by atoms with van der Waals surface area (Å²) >= 11 is 2.55. The van der Waals surface area contributed by atoms with Crippen LogP contribution in [-0.4, -0.2) is 14.2 Å². The van der Waals surface area contributed by atoms with Gasteiger partial charge in [0.2, 0.25) is 0 Å². The van der Waals surface area contributed by atoms with Gasteiger partial charge in [0.05, 0.1) is 0 Å². The van der Waals surface area contributed by atoms with Crippen LogP contribution in [0.2, 0.25) is 5.04 Å². The zero-order valence-corrected chi connectivity index (χ0v) is 10.3. The van der Waals surface area contributed by atoms with E-state index >= 15 is 0 Å². The highest BCUT2D eigenvalue weighted by molar-refractivity contribution is 14.1. The standard InChI is InChI=1S/C6H15ISi/c1-4-5(7)6(2,3)8/h5H,4H2,1-3,8H3. The van der Waals surface area contributed by atoms with Crippen molar-refractivity contribution in [2.45, 2.75) is 36.2 Å². The van der Waals surface area contributed by atoms with Crippen molar-refractivity contribution in [3.05, 3.63) is 0 Å². The second-order valence-corrected chi connectivity index (χ2v) is 7.32. The zero-order chi connectivity index (χ0) is 6.78. The average molecular weight is 242 g/mol. The summed E-state index contributed by atoms with van der Waals surface area (Å²) in [6.45, 7) is 6.95. The van der Waals surface area contributed by atoms with Crippen LogP contribution in [0.4, 0.5) is 0 Å². The molecule has 0 aliphatic rings. The Morgan fingerprint density at radius 3 is 2.00 bits per heavy atom. The SMILES string of the molecule is CCC(I)C(C)(C)[SiH3]. The van der Waals surface area contributed by atoms with Gasteiger partial charge >= 0.3 is 0 Å². The Kier molecular flexibility index (Phi) is 3.58. The van der Waals surface area contributed by atoms with Crippen LogP contribution >= 0.6 is 22.6 Å². The molecule has 0 rings (SSSR count). The van der Waals surface area contributed by atoms with Gasteiger partial charge in [-0.1, -0.05) is 43.4 Å². The first-order valence-electron chi connectivity index (χ1n) is 3.12. The van der Waals surface area contributed by atoms with Crippen molar-refractivity contribution in [3.63, 3.8) is 0 Å². The summed E-state index contributed by atoms with van der Waals surface area (Å²) in [7, 11) is 1.31. The molecule has 0 spiro atoms. The Bertz CT molecular complexity index is 65.4. The Morgan fingerprint density at radius 1 is 1.62 bits per heavy atom. The molecule has 1 atom stereocenters. The number of halogens is 1. The largest absolute Gasteiger partial charge is 0.0824 e. The highest BCUT2D eigenvalue weighted by Crippen LogP contribution is 2.32. The molecule has 0 aromatic carbocycles. The maximum atomic E-state index is 2.55. The molecule has 0 fully saturated rings. The lowest BCUT2D eigenvalue weighted by atomic mass is 10.1. The topological polar surface area (TPSA) is 0 Å². The van der Waals surface area contributed by atoms with Gasteiger partial charge in [0.1, 0.15) is 0 Å². The van der Waals surface area contributed by atoms with Crippen LogP contribution in [0.5, 0.6) is 0 Å². The van der Waals surface area contributed by atoms with Crippen LogP contribution in [-0.2, 0) is 0 Å². The van der Waals surface area contributed by atoms with Gasteiger partial charge in [0.25, 0.3) is 0 Å². The number of hydrogen-bond acceptors (Lipinski definition) is 0. The molecule has 0 bridgehead atoms. The summed E-state index contributed by atoms with van der Waals surface area (Å²) in [5, 5.41) is 0.634. The molecule has 0 N–H and O–H groups in total. The van der Waals surface area contributed by atoms with Crippen molar-refractivity contribution < 1.29 is 0 Å². The van der Waals surface area contributed by atoms with Crippen molar-refractivity contribution in [1.29, 1.82) is 0 Å². The summed E-state index contributed by atoms with van der Waals surface area (Å²) in [6.07, 6.45) is 1.32. The minimum absolute atomic E-state index is 0.634. The molecule has 0 aromatic heterocycles. The maximum Gasteiger partial charge on any atom is 0.0125 e. The van der Waals surface area contributed by atoms with Gasteiger partial charge in [-0.25, -0.2) is 0 Å². The van der Waals surface area contributed by atoms with E-state index < -0.39 is 0 Å². The Morgan fingerprint density at radius 2 is 2.00 bits per heavy atom. The van der Waals surface area contributed by atoms with Gasteiger partial charge in [-0.05, 0) is 11.5 Å². The third-order valence-corrected chi connectivity index (χ3v) is 5.92. The van der Waals surface area contributed by atoms with Gasteiger partial charge in [-0.15, -0.1) is 0 Å². The first-order valence-corrected chi connectivity index (χ1v) is 5.37. The second-order valence-electron chi connectivity index (χ2n) is 3.24. The van der Waals surface area contributed by atoms with Gasteiger partial charge in [0.15, 0.2) is 0 Å². The Hall–Kier alpha value is 0.947. The predicted molar refractivity (Wildman–Crippen MR) is 52.1 cm³/mol. The molecule has 0 saturated heterocycles. The molecule has 0 aliphatic heterocycles. The highest BCUT2D eigenvalue weighted by atomic mass is 127. The summed E-state index contributed by atoms with van der Waals surface area (Å²) in [5.74, 6) is 0. The third kappa shape index (κ3) is 3.07. The van der Waals surface area contributed by atoms with Crippen LogP contribution < -0.4 is 0 Å². The van der Waals surface area contributed by atoms with E-state index in [9.17, 15) is 0 Å². The smallest absolute Gasteiger partial charge is 0.0125 e. The molecular weight excluding hydrogens is 227 g/mol. The lowest BCUT2D eigenvalue weighted by Gasteiger charge is -2.23. The fraction of sp³-hybridized carbons (Fsp3) is 1.00. The molecule has 0 aromatic rings. The molecule has 2 heteroatoms. The second kappa shape index (κ2) is 3.20. The monoisotopic (exact) mass is 242 g/mol. The zero-order valence-electron chi connectivity index (χ0n) is 6.16. The van der Waals surface area contributed by atoms with Crippen molar-refractivity contribution >= 4 is 32.8 Å². The van der Waals surface area contributed by atoms with Crippen molar-refractivity contribution in [3.8, 4) is 0 Å². The minimum atomic E-state index is 0.634. The Labute approximate surface area is 69.0 Å². The van der Waals surface area contributed by atoms with Gasteiger partial charge in [-0.2, -0.15) is 0 Å². The van der Waals surface area contributed by atoms with Crippen molar-refractivity contribution in [2.75, 3.05) is 0 Å². The van der Waals surface area contributed by atoms with E-state index in [1.54, 1.807) is 0 Å². The van der Waals surface area contributed by atoms with Crippen LogP contribution in [0.15, 0.2) is 0 Å². The summed E-state index contributed by atoms with van der Waals surface area (Å²) in [5.41, 5.74) is 0. The molecule has 0 heterocycles. The number of rotatable bonds is 2. The maximum absolute atomic E-state index is 2.55. The third-order valence-electron chi connectivity index (χ3n) is 1.30. The molecule has 0 amide bonds. The van der Waals surface area contributed by atoms with E-state index in [2.05, 4.69) is 43.4 Å². The van der Waals surface area contributed by atoms with Crippen LogP contribution in [0.3, 0.4) is 0 Å². The first-order chi connectivity index (χ1) is 3.48. The summed E-state index contributed by atoms with van der Waals surface area (Å²) in [4.78, 5) is 0. The van der Waals surface area contributed by atoms with Gasteiger partial charge in [0, 0.05) is 14.2 Å². The van der Waals surface area contributed by atoms with Crippen LogP contribution in [0, 0.1) is 0 Å². The Balaban J connectivity index is 3.62. The summed E-state index contributed by atoms with van der Waals surface area (Å²) in [6, 6.07) is 0. The minimum Gasteiger partial charge on any atom is -0.0824 e. The van der Waals surface area contributed by atoms with E-state index in [0.717, 1.165) is 3.92 Å². The lowest BCUT2D eigenvalue weighted by molar-refractivity contribution is 0.638. The van der Waals surface area contributed by atoms with E-state index in [0.29, 0.717) is 5.04 Å². The van der Waals surface area contributed by atoms with E-state index in [4.69, 9.17) is 0 Å². The fourth-order valence-corrected chi connectivity index (χ4v) is 1.02. The highest BCUT2D eigenvalue weighted by Gasteiger charge is 2.18. The average Bonchev–Trinajstić information content (AvgIpc) is 1.62. The molecule has 0 saturated carbocycles. The van der Waals surface area contributed by atoms with Crippen molar-refractivity contribution in [1.82, 2.24) is 0 Å². The predicted octanol–water partition coefficient (Wildman–Crippen LogP) is 1.76. The van der Waals surface area contributed by atoms with Gasteiger partial charge < -0.3 is 0 Å². The normalized spacial score (nSPS) is 16.5. The number of hydrogen-bond donors (Lipinski definition) is 0. The molecule has 0 nitrogen and oxygen atoms in total. The van der Waals surface area contributed by atoms with E-state index in [1.807, 2.05) is 0 Å². The van der Waals surface area contributed by atoms with Crippen LogP contribution in [0.25, 0.3) is 0 Å². The molecular formula is C6H15ISi. The quantitative estimate of drug-likeness (QED) is 0.393. The van der Waals surface area contributed by atoms with E-state index in [1.165, 1.54) is 16.7 Å².